The molecule has 0 saturated carbocycles. The summed E-state index contributed by atoms with van der Waals surface area (Å²) in [5.74, 6) is -0.200. The smallest absolute Gasteiger partial charge is 0.316 e. The zero-order valence-electron chi connectivity index (χ0n) is 14.3. The summed E-state index contributed by atoms with van der Waals surface area (Å²) in [6.07, 6.45) is 3.64. The molecule has 3 rings (SSSR count). The van der Waals surface area contributed by atoms with Gasteiger partial charge in [0.2, 0.25) is 5.91 Å². The molecule has 0 aliphatic carbocycles. The number of amides is 3. The summed E-state index contributed by atoms with van der Waals surface area (Å²) in [7, 11) is 0. The molecule has 26 heavy (non-hydrogen) atoms. The molecular weight excluding hydrogens is 332 g/mol. The molecule has 8 heteroatoms. The number of hydrogen-bond acceptors (Lipinski definition) is 4. The zero-order chi connectivity index (χ0) is 18.7. The fourth-order valence-corrected chi connectivity index (χ4v) is 2.76. The molecule has 2 heterocycles. The van der Waals surface area contributed by atoms with Gasteiger partial charge in [0.1, 0.15) is 0 Å². The highest BCUT2D eigenvalue weighted by atomic mass is 16.2. The highest BCUT2D eigenvalue weighted by Gasteiger charge is 2.17. The van der Waals surface area contributed by atoms with Crippen molar-refractivity contribution in [3.8, 4) is 0 Å². The highest BCUT2D eigenvalue weighted by molar-refractivity contribution is 6.24. The van der Waals surface area contributed by atoms with E-state index in [2.05, 4.69) is 20.6 Å². The number of nitrogens with zero attached hydrogens (tertiary/aromatic N) is 1. The lowest BCUT2D eigenvalue weighted by Crippen LogP contribution is -2.29. The van der Waals surface area contributed by atoms with Crippen LogP contribution in [-0.4, -0.2) is 29.7 Å². The van der Waals surface area contributed by atoms with Crippen molar-refractivity contribution >= 4 is 40.7 Å². The van der Waals surface area contributed by atoms with E-state index in [-0.39, 0.29) is 12.5 Å². The van der Waals surface area contributed by atoms with Crippen LogP contribution in [0, 0.1) is 0 Å². The molecule has 7 N–H and O–H groups in total. The van der Waals surface area contributed by atoms with E-state index in [0.717, 1.165) is 33.7 Å². The first-order valence-corrected chi connectivity index (χ1v) is 8.08. The standard InChI is InChI=1S/C18H20N6O2/c1-10(16-4-11(7-21-16)8-23-17(25)6-19)14-9-22-15-3-2-12(5-13(14)15)24-18(20)26/h2-5,7,9,21H,6,8,19H2,1H3,(H,23,25)(H3,20,24,26). The maximum absolute atomic E-state index is 11.3. The minimum atomic E-state index is -0.611. The number of carbonyl (C=O) groups excluding carboxylic acids is 2. The zero-order valence-corrected chi connectivity index (χ0v) is 14.3. The molecule has 3 amide bonds. The fraction of sp³-hybridized carbons (Fsp3) is 0.167. The number of aliphatic imine (C=N–C) groups is 1. The minimum Gasteiger partial charge on any atom is -0.361 e. The fourth-order valence-electron chi connectivity index (χ4n) is 2.76. The van der Waals surface area contributed by atoms with Crippen molar-refractivity contribution < 1.29 is 9.59 Å². The number of nitrogens with two attached hydrogens (primary N) is 2. The van der Waals surface area contributed by atoms with Gasteiger partial charge in [0.05, 0.1) is 12.2 Å². The van der Waals surface area contributed by atoms with Gasteiger partial charge in [-0.2, -0.15) is 0 Å². The van der Waals surface area contributed by atoms with Gasteiger partial charge >= 0.3 is 6.03 Å². The number of allylic oxidation sites excluding steroid dienone is 2. The number of hydrogen-bond donors (Lipinski definition) is 5. The number of urea groups is 1. The molecule has 0 bridgehead atoms. The van der Waals surface area contributed by atoms with Crippen LogP contribution in [0.4, 0.5) is 16.2 Å². The molecule has 1 aliphatic heterocycles. The Morgan fingerprint density at radius 2 is 2.08 bits per heavy atom. The highest BCUT2D eigenvalue weighted by Crippen LogP contribution is 2.37. The Bertz CT molecular complexity index is 926. The van der Waals surface area contributed by atoms with E-state index >= 15 is 0 Å². The molecule has 0 unspecified atom stereocenters. The van der Waals surface area contributed by atoms with Crippen LogP contribution in [0.3, 0.4) is 0 Å². The van der Waals surface area contributed by atoms with E-state index in [1.165, 1.54) is 0 Å². The number of fused-ring (bicyclic) bond motifs is 1. The molecule has 1 aromatic carbocycles. The largest absolute Gasteiger partial charge is 0.361 e. The van der Waals surface area contributed by atoms with Gasteiger partial charge in [-0.15, -0.1) is 0 Å². The number of primary amides is 1. The summed E-state index contributed by atoms with van der Waals surface area (Å²) in [4.78, 5) is 30.0. The third kappa shape index (κ3) is 3.65. The van der Waals surface area contributed by atoms with Crippen molar-refractivity contribution in [1.29, 1.82) is 0 Å². The van der Waals surface area contributed by atoms with E-state index in [9.17, 15) is 9.59 Å². The van der Waals surface area contributed by atoms with Crippen molar-refractivity contribution in [2.45, 2.75) is 13.5 Å². The number of carbonyl (C=O) groups is 2. The van der Waals surface area contributed by atoms with E-state index in [4.69, 9.17) is 11.5 Å². The molecule has 0 fully saturated rings. The van der Waals surface area contributed by atoms with Gasteiger partial charge in [0, 0.05) is 41.5 Å². The third-order valence-corrected chi connectivity index (χ3v) is 4.11. The Morgan fingerprint density at radius 1 is 1.27 bits per heavy atom. The number of aromatic nitrogens is 1. The van der Waals surface area contributed by atoms with Gasteiger partial charge in [-0.25, -0.2) is 4.79 Å². The second kappa shape index (κ2) is 7.24. The van der Waals surface area contributed by atoms with Gasteiger partial charge in [0.25, 0.3) is 0 Å². The number of aromatic amines is 1. The molecule has 1 aromatic heterocycles. The second-order valence-electron chi connectivity index (χ2n) is 5.92. The first-order valence-electron chi connectivity index (χ1n) is 8.08. The number of H-pyrrole nitrogens is 1. The first kappa shape index (κ1) is 17.4. The average molecular weight is 352 g/mol. The quantitative estimate of drug-likeness (QED) is 0.560. The number of nitrogens with one attached hydrogen (secondary N) is 3. The van der Waals surface area contributed by atoms with Crippen molar-refractivity contribution in [3.05, 3.63) is 47.3 Å². The molecular formula is C18H20N6O2. The van der Waals surface area contributed by atoms with Gasteiger partial charge in [-0.3, -0.25) is 9.79 Å². The lowest BCUT2D eigenvalue weighted by Gasteiger charge is -2.08. The maximum atomic E-state index is 11.3. The molecule has 134 valence electrons. The van der Waals surface area contributed by atoms with E-state index in [0.29, 0.717) is 12.2 Å². The molecule has 2 aromatic rings. The third-order valence-electron chi connectivity index (χ3n) is 4.11. The average Bonchev–Trinajstić information content (AvgIpc) is 3.25. The van der Waals surface area contributed by atoms with Gasteiger partial charge in [-0.1, -0.05) is 0 Å². The van der Waals surface area contributed by atoms with E-state index < -0.39 is 6.03 Å². The summed E-state index contributed by atoms with van der Waals surface area (Å²) in [6.45, 7) is 2.36. The minimum absolute atomic E-state index is 0.0325. The summed E-state index contributed by atoms with van der Waals surface area (Å²) in [5, 5.41) is 5.31. The predicted molar refractivity (Wildman–Crippen MR) is 102 cm³/mol. The number of anilines is 1. The first-order chi connectivity index (χ1) is 12.5. The van der Waals surface area contributed by atoms with Crippen LogP contribution in [0.25, 0.3) is 11.1 Å². The van der Waals surface area contributed by atoms with Crippen molar-refractivity contribution in [2.24, 2.45) is 16.5 Å². The Hall–Kier alpha value is -3.39. The van der Waals surface area contributed by atoms with Crippen LogP contribution in [-0.2, 0) is 11.3 Å². The molecule has 0 radical (unpaired) electrons. The van der Waals surface area contributed by atoms with Crippen LogP contribution < -0.4 is 22.1 Å². The maximum Gasteiger partial charge on any atom is 0.316 e. The van der Waals surface area contributed by atoms with Gasteiger partial charge in [0.15, 0.2) is 0 Å². The van der Waals surface area contributed by atoms with Crippen LogP contribution in [0.5, 0.6) is 0 Å². The second-order valence-corrected chi connectivity index (χ2v) is 5.92. The van der Waals surface area contributed by atoms with E-state index in [1.807, 2.05) is 31.3 Å². The Kier molecular flexibility index (Phi) is 4.85. The van der Waals surface area contributed by atoms with Crippen LogP contribution in [0.1, 0.15) is 23.7 Å². The summed E-state index contributed by atoms with van der Waals surface area (Å²) >= 11 is 0. The SMILES string of the molecule is CC(=C1C=Nc2ccc(NC(N)=O)cc21)c1cc(CNC(=O)CN)c[nH]1. The molecule has 0 atom stereocenters. The van der Waals surface area contributed by atoms with Crippen LogP contribution in [0.2, 0.25) is 0 Å². The van der Waals surface area contributed by atoms with Crippen molar-refractivity contribution in [2.75, 3.05) is 11.9 Å². The molecule has 0 spiro atoms. The lowest BCUT2D eigenvalue weighted by atomic mass is 9.99. The molecule has 8 nitrogen and oxygen atoms in total. The molecule has 0 saturated heterocycles. The summed E-state index contributed by atoms with van der Waals surface area (Å²) in [5.41, 5.74) is 16.6. The summed E-state index contributed by atoms with van der Waals surface area (Å²) in [6, 6.07) is 6.79. The van der Waals surface area contributed by atoms with Crippen LogP contribution in [0.15, 0.2) is 35.5 Å². The van der Waals surface area contributed by atoms with Gasteiger partial charge in [-0.05, 0) is 42.3 Å². The van der Waals surface area contributed by atoms with Crippen LogP contribution >= 0.6 is 0 Å². The lowest BCUT2D eigenvalue weighted by molar-refractivity contribution is -0.119. The summed E-state index contributed by atoms with van der Waals surface area (Å²) < 4.78 is 0. The number of rotatable bonds is 5. The normalized spacial score (nSPS) is 14.1. The Labute approximate surface area is 150 Å². The van der Waals surface area contributed by atoms with Crippen molar-refractivity contribution in [3.63, 3.8) is 0 Å². The molecule has 1 aliphatic rings. The topological polar surface area (TPSA) is 138 Å². The number of benzene rings is 1. The monoisotopic (exact) mass is 352 g/mol. The van der Waals surface area contributed by atoms with Gasteiger partial charge < -0.3 is 27.1 Å². The van der Waals surface area contributed by atoms with Crippen molar-refractivity contribution in [1.82, 2.24) is 10.3 Å². The Morgan fingerprint density at radius 3 is 2.81 bits per heavy atom. The predicted octanol–water partition coefficient (Wildman–Crippen LogP) is 1.73. The Balaban J connectivity index is 1.86. The van der Waals surface area contributed by atoms with E-state index in [1.54, 1.807) is 12.3 Å².